The van der Waals surface area contributed by atoms with Crippen molar-refractivity contribution in [1.82, 2.24) is 15.5 Å². The Balaban J connectivity index is 1.54. The lowest BCUT2D eigenvalue weighted by molar-refractivity contribution is -0.195. The number of benzene rings is 1. The van der Waals surface area contributed by atoms with Crippen molar-refractivity contribution in [3.8, 4) is 5.75 Å². The topological polar surface area (TPSA) is 227 Å². The molecule has 3 rings (SSSR count). The summed E-state index contributed by atoms with van der Waals surface area (Å²) >= 11 is 0. The number of esters is 1. The molecule has 1 aromatic rings. The molecule has 2 heterocycles. The van der Waals surface area contributed by atoms with Crippen LogP contribution in [0.5, 0.6) is 5.75 Å². The van der Waals surface area contributed by atoms with Gasteiger partial charge in [0, 0.05) is 50.9 Å². The van der Waals surface area contributed by atoms with Crippen molar-refractivity contribution in [3.63, 3.8) is 0 Å². The van der Waals surface area contributed by atoms with Gasteiger partial charge in [-0.1, -0.05) is 26.0 Å². The molecule has 0 aliphatic carbocycles. The van der Waals surface area contributed by atoms with Crippen LogP contribution in [0.4, 0.5) is 5.69 Å². The lowest BCUT2D eigenvalue weighted by atomic mass is 10.1. The van der Waals surface area contributed by atoms with Gasteiger partial charge in [-0.25, -0.2) is 4.79 Å². The maximum atomic E-state index is 12.8. The van der Waals surface area contributed by atoms with Crippen molar-refractivity contribution in [3.05, 3.63) is 42.0 Å². The number of hydrogen-bond donors (Lipinski definition) is 5. The summed E-state index contributed by atoms with van der Waals surface area (Å²) in [6, 6.07) is 4.73. The highest BCUT2D eigenvalue weighted by atomic mass is 16.7. The zero-order valence-corrected chi connectivity index (χ0v) is 25.9. The van der Waals surface area contributed by atoms with E-state index in [9.17, 15) is 43.8 Å². The molecule has 0 aromatic heterocycles. The largest absolute Gasteiger partial charge is 0.479 e. The Bertz CT molecular complexity index is 1400. The number of imide groups is 1. The summed E-state index contributed by atoms with van der Waals surface area (Å²) in [5, 5.41) is 27.0. The van der Waals surface area contributed by atoms with Crippen LogP contribution in [0.3, 0.4) is 0 Å². The zero-order chi connectivity index (χ0) is 34.5. The Morgan fingerprint density at radius 2 is 1.74 bits per heavy atom. The average Bonchev–Trinajstić information content (AvgIpc) is 3.34. The summed E-state index contributed by atoms with van der Waals surface area (Å²) in [7, 11) is 0. The summed E-state index contributed by atoms with van der Waals surface area (Å²) in [5.74, 6) is -4.44. The Labute approximate surface area is 270 Å². The van der Waals surface area contributed by atoms with Crippen LogP contribution in [-0.2, 0) is 43.0 Å². The summed E-state index contributed by atoms with van der Waals surface area (Å²) in [4.78, 5) is 84.0. The van der Waals surface area contributed by atoms with Gasteiger partial charge in [0.2, 0.25) is 24.0 Å². The summed E-state index contributed by atoms with van der Waals surface area (Å²) in [6.07, 6.45) is 1.64. The third-order valence-electron chi connectivity index (χ3n) is 6.77. The van der Waals surface area contributed by atoms with Gasteiger partial charge in [-0.3, -0.25) is 33.7 Å². The van der Waals surface area contributed by atoms with Gasteiger partial charge in [-0.2, -0.15) is 0 Å². The van der Waals surface area contributed by atoms with Crippen LogP contribution in [0.1, 0.15) is 45.1 Å². The van der Waals surface area contributed by atoms with E-state index in [0.717, 1.165) is 17.1 Å². The molecule has 16 nitrogen and oxygen atoms in total. The average molecular weight is 659 g/mol. The molecular weight excluding hydrogens is 620 g/mol. The quantitative estimate of drug-likeness (QED) is 0.118. The second kappa shape index (κ2) is 17.6. The Hall–Kier alpha value is -5.09. The number of ether oxygens (including phenoxy) is 3. The molecule has 5 amide bonds. The highest BCUT2D eigenvalue weighted by molar-refractivity contribution is 6.13. The molecule has 2 aliphatic heterocycles. The number of aliphatic hydroxyl groups is 1. The van der Waals surface area contributed by atoms with Crippen LogP contribution in [0.2, 0.25) is 0 Å². The molecule has 1 aromatic carbocycles. The van der Waals surface area contributed by atoms with Gasteiger partial charge in [-0.05, 0) is 23.8 Å². The first-order valence-corrected chi connectivity index (χ1v) is 14.9. The summed E-state index contributed by atoms with van der Waals surface area (Å²) in [6.45, 7) is 2.85. The first-order valence-electron chi connectivity index (χ1n) is 14.9. The standard InChI is InChI=1S/C31H38N4O12/c1-18(2)31(44)45-13-3-4-19-5-6-22(46-29-16-20(36)15-23(47-29)30(42)43)21(14-19)34-25(38)9-11-32-26(39)17-33-24(37)10-12-35-27(40)7-8-28(35)41/h3-8,14,18,20,23,29,36H,9-13,15-17H2,1-2H3,(H,32,39)(H,33,37)(H,34,38)(H,42,43)/b4-3+. The fourth-order valence-corrected chi connectivity index (χ4v) is 4.29. The fourth-order valence-electron chi connectivity index (χ4n) is 4.29. The highest BCUT2D eigenvalue weighted by Crippen LogP contribution is 2.31. The van der Waals surface area contributed by atoms with Gasteiger partial charge in [0.25, 0.3) is 11.8 Å². The van der Waals surface area contributed by atoms with Crippen molar-refractivity contribution >= 4 is 53.2 Å². The number of carboxylic acid groups (broad SMARTS) is 1. The van der Waals surface area contributed by atoms with Gasteiger partial charge in [-0.15, -0.1) is 0 Å². The van der Waals surface area contributed by atoms with Gasteiger partial charge in [0.1, 0.15) is 12.4 Å². The molecule has 0 bridgehead atoms. The van der Waals surface area contributed by atoms with Crippen LogP contribution in [0.15, 0.2) is 36.4 Å². The number of carboxylic acids is 1. The molecule has 2 aliphatic rings. The monoisotopic (exact) mass is 658 g/mol. The maximum Gasteiger partial charge on any atom is 0.333 e. The van der Waals surface area contributed by atoms with E-state index in [1.54, 1.807) is 38.1 Å². The molecule has 3 atom stereocenters. The second-order valence-corrected chi connectivity index (χ2v) is 10.9. The normalized spacial score (nSPS) is 19.1. The molecule has 254 valence electrons. The molecule has 1 saturated heterocycles. The van der Waals surface area contributed by atoms with E-state index < -0.39 is 54.0 Å². The van der Waals surface area contributed by atoms with Crippen LogP contribution >= 0.6 is 0 Å². The number of rotatable bonds is 16. The van der Waals surface area contributed by atoms with Gasteiger partial charge < -0.3 is 40.4 Å². The molecule has 0 spiro atoms. The molecular formula is C31H38N4O12. The lowest BCUT2D eigenvalue weighted by Crippen LogP contribution is -2.42. The predicted molar refractivity (Wildman–Crippen MR) is 163 cm³/mol. The number of nitrogens with one attached hydrogen (secondary N) is 3. The first-order chi connectivity index (χ1) is 22.3. The smallest absolute Gasteiger partial charge is 0.333 e. The number of nitrogens with zero attached hydrogens (tertiary/aromatic N) is 1. The first kappa shape index (κ1) is 36.4. The number of anilines is 1. The Kier molecular flexibility index (Phi) is 13.6. The number of hydrogen-bond acceptors (Lipinski definition) is 11. The molecule has 47 heavy (non-hydrogen) atoms. The maximum absolute atomic E-state index is 12.8. The van der Waals surface area contributed by atoms with Crippen LogP contribution in [-0.4, -0.2) is 101 Å². The minimum Gasteiger partial charge on any atom is -0.479 e. The molecule has 0 saturated carbocycles. The van der Waals surface area contributed by atoms with Crippen molar-refractivity contribution in [2.45, 2.75) is 58.0 Å². The van der Waals surface area contributed by atoms with Gasteiger partial charge in [0.05, 0.1) is 24.3 Å². The van der Waals surface area contributed by atoms with Gasteiger partial charge in [0.15, 0.2) is 6.10 Å². The third kappa shape index (κ3) is 12.0. The fraction of sp³-hybridized carbons (Fsp3) is 0.452. The minimum absolute atomic E-state index is 0.00563. The molecule has 1 fully saturated rings. The summed E-state index contributed by atoms with van der Waals surface area (Å²) in [5.41, 5.74) is 0.788. The number of aliphatic carboxylic acids is 1. The molecule has 5 N–H and O–H groups in total. The molecule has 0 radical (unpaired) electrons. The van der Waals surface area contributed by atoms with E-state index in [1.807, 2.05) is 0 Å². The van der Waals surface area contributed by atoms with Crippen molar-refractivity contribution < 1.29 is 58.0 Å². The van der Waals surface area contributed by atoms with E-state index in [0.29, 0.717) is 5.56 Å². The number of carbonyl (C=O) groups is 7. The highest BCUT2D eigenvalue weighted by Gasteiger charge is 2.34. The molecule has 16 heteroatoms. The van der Waals surface area contributed by atoms with E-state index in [2.05, 4.69) is 16.0 Å². The molecule has 3 unspecified atom stereocenters. The van der Waals surface area contributed by atoms with E-state index in [1.165, 1.54) is 6.07 Å². The predicted octanol–water partition coefficient (Wildman–Crippen LogP) is 0.105. The van der Waals surface area contributed by atoms with E-state index in [-0.39, 0.29) is 75.2 Å². The van der Waals surface area contributed by atoms with E-state index in [4.69, 9.17) is 14.2 Å². The zero-order valence-electron chi connectivity index (χ0n) is 25.9. The third-order valence-corrected chi connectivity index (χ3v) is 6.77. The van der Waals surface area contributed by atoms with Crippen LogP contribution in [0, 0.1) is 5.92 Å². The van der Waals surface area contributed by atoms with Crippen LogP contribution in [0.25, 0.3) is 6.08 Å². The SMILES string of the molecule is CC(C)C(=O)OC/C=C/c1ccc(OC2CC(O)CC(C(=O)O)O2)c(NC(=O)CCNC(=O)CNC(=O)CCN2C(=O)C=CC2=O)c1. The van der Waals surface area contributed by atoms with Crippen LogP contribution < -0.4 is 20.7 Å². The minimum atomic E-state index is -1.28. The number of aliphatic hydroxyl groups excluding tert-OH is 1. The van der Waals surface area contributed by atoms with Gasteiger partial charge >= 0.3 is 11.9 Å². The Morgan fingerprint density at radius 1 is 1.02 bits per heavy atom. The van der Waals surface area contributed by atoms with E-state index >= 15 is 0 Å². The van der Waals surface area contributed by atoms with Crippen molar-refractivity contribution in [1.29, 1.82) is 0 Å². The Morgan fingerprint density at radius 3 is 2.43 bits per heavy atom. The number of carbonyl (C=O) groups excluding carboxylic acids is 6. The van der Waals surface area contributed by atoms with Crippen molar-refractivity contribution in [2.24, 2.45) is 5.92 Å². The van der Waals surface area contributed by atoms with Crippen molar-refractivity contribution in [2.75, 3.05) is 31.6 Å². The second-order valence-electron chi connectivity index (χ2n) is 10.9. The number of amides is 5. The lowest BCUT2D eigenvalue weighted by Gasteiger charge is -2.31. The summed E-state index contributed by atoms with van der Waals surface area (Å²) < 4.78 is 16.4.